The average molecular weight is 329 g/mol. The van der Waals surface area contributed by atoms with Crippen LogP contribution in [-0.4, -0.2) is 29.7 Å². The second-order valence-corrected chi connectivity index (χ2v) is 6.53. The average Bonchev–Trinajstić information content (AvgIpc) is 2.87. The molecule has 0 radical (unpaired) electrons. The summed E-state index contributed by atoms with van der Waals surface area (Å²) in [5.74, 6) is 2.42. The summed E-state index contributed by atoms with van der Waals surface area (Å²) in [5, 5.41) is 2.41. The number of ether oxygens (including phenoxy) is 2. The highest BCUT2D eigenvalue weighted by Crippen LogP contribution is 2.34. The third-order valence-corrected chi connectivity index (χ3v) is 4.69. The van der Waals surface area contributed by atoms with Gasteiger partial charge >= 0.3 is 0 Å². The molecular weight excluding hydrogens is 310 g/mol. The molecule has 3 aromatic rings. The van der Waals surface area contributed by atoms with Gasteiger partial charge in [-0.25, -0.2) is 0 Å². The molecule has 23 heavy (non-hydrogen) atoms. The number of thioether (sulfide) groups is 1. The number of aromatic nitrogens is 1. The lowest BCUT2D eigenvalue weighted by Crippen LogP contribution is -2.01. The molecule has 4 nitrogen and oxygen atoms in total. The summed E-state index contributed by atoms with van der Waals surface area (Å²) >= 11 is 1.35. The number of carbonyl (C=O) groups excluding carboxylic acids is 1. The Kier molecular flexibility index (Phi) is 4.48. The lowest BCUT2D eigenvalue weighted by atomic mass is 10.1. The quantitative estimate of drug-likeness (QED) is 0.707. The zero-order chi connectivity index (χ0) is 16.4. The van der Waals surface area contributed by atoms with E-state index in [2.05, 4.69) is 16.7 Å². The predicted molar refractivity (Wildman–Crippen MR) is 95.7 cm³/mol. The number of benzene rings is 2. The van der Waals surface area contributed by atoms with Gasteiger partial charge in [-0.05, 0) is 36.4 Å². The minimum Gasteiger partial charge on any atom is -0.497 e. The summed E-state index contributed by atoms with van der Waals surface area (Å²) in [4.78, 5) is 11.2. The number of hydrogen-bond donors (Lipinski definition) is 0. The highest BCUT2D eigenvalue weighted by atomic mass is 32.2. The van der Waals surface area contributed by atoms with Crippen LogP contribution in [0.5, 0.6) is 11.5 Å². The van der Waals surface area contributed by atoms with Crippen molar-refractivity contribution in [2.24, 2.45) is 0 Å². The van der Waals surface area contributed by atoms with Crippen molar-refractivity contribution in [1.29, 1.82) is 0 Å². The molecule has 0 aliphatic heterocycles. The van der Waals surface area contributed by atoms with Gasteiger partial charge in [-0.3, -0.25) is 4.79 Å². The molecule has 0 N–H and O–H groups in total. The second kappa shape index (κ2) is 6.54. The Morgan fingerprint density at radius 2 is 1.52 bits per heavy atom. The van der Waals surface area contributed by atoms with Gasteiger partial charge in [-0.1, -0.05) is 11.8 Å². The second-order valence-electron chi connectivity index (χ2n) is 5.26. The topological polar surface area (TPSA) is 40.5 Å². The van der Waals surface area contributed by atoms with E-state index < -0.39 is 0 Å². The Bertz CT molecular complexity index is 808. The molecule has 0 aliphatic carbocycles. The summed E-state index contributed by atoms with van der Waals surface area (Å²) < 4.78 is 13.0. The molecule has 0 fully saturated rings. The fourth-order valence-electron chi connectivity index (χ4n) is 2.84. The smallest absolute Gasteiger partial charge is 0.185 e. The molecule has 1 aromatic heterocycles. The van der Waals surface area contributed by atoms with Crippen LogP contribution in [-0.2, 0) is 11.3 Å². The number of methoxy groups -OCH3 is 2. The van der Waals surface area contributed by atoms with E-state index in [0.717, 1.165) is 45.6 Å². The fraction of sp³-hybridized carbons (Fsp3) is 0.278. The molecule has 0 unspecified atom stereocenters. The molecule has 1 heterocycles. The van der Waals surface area contributed by atoms with Crippen molar-refractivity contribution in [3.8, 4) is 11.5 Å². The molecule has 2 aromatic carbocycles. The molecule has 0 spiro atoms. The van der Waals surface area contributed by atoms with E-state index in [9.17, 15) is 4.79 Å². The summed E-state index contributed by atoms with van der Waals surface area (Å²) in [6.07, 6.45) is 0. The SMILES string of the molecule is COc1ccc2c(c1)c1cc(OC)ccc1n2CCSC(C)=O. The van der Waals surface area contributed by atoms with Crippen molar-refractivity contribution < 1.29 is 14.3 Å². The van der Waals surface area contributed by atoms with Crippen molar-refractivity contribution in [1.82, 2.24) is 4.57 Å². The molecular formula is C18H19NO3S. The molecule has 0 bridgehead atoms. The van der Waals surface area contributed by atoms with E-state index in [1.54, 1.807) is 21.1 Å². The van der Waals surface area contributed by atoms with Crippen molar-refractivity contribution >= 4 is 38.7 Å². The molecule has 0 atom stereocenters. The lowest BCUT2D eigenvalue weighted by molar-refractivity contribution is -0.109. The van der Waals surface area contributed by atoms with Crippen LogP contribution in [0.15, 0.2) is 36.4 Å². The number of fused-ring (bicyclic) bond motifs is 3. The van der Waals surface area contributed by atoms with Crippen LogP contribution < -0.4 is 9.47 Å². The monoisotopic (exact) mass is 329 g/mol. The first-order valence-electron chi connectivity index (χ1n) is 7.41. The number of aryl methyl sites for hydroxylation is 1. The first-order chi connectivity index (χ1) is 11.1. The standard InChI is InChI=1S/C18H19NO3S/c1-12(20)23-9-8-19-17-6-4-13(21-2)10-15(17)16-11-14(22-3)5-7-18(16)19/h4-7,10-11H,8-9H2,1-3H3. The molecule has 5 heteroatoms. The van der Waals surface area contributed by atoms with Gasteiger partial charge in [0.25, 0.3) is 0 Å². The van der Waals surface area contributed by atoms with Crippen LogP contribution >= 0.6 is 11.8 Å². The van der Waals surface area contributed by atoms with E-state index in [0.29, 0.717) is 0 Å². The lowest BCUT2D eigenvalue weighted by Gasteiger charge is -2.07. The number of rotatable bonds is 5. The zero-order valence-electron chi connectivity index (χ0n) is 13.5. The van der Waals surface area contributed by atoms with E-state index >= 15 is 0 Å². The summed E-state index contributed by atoms with van der Waals surface area (Å²) in [7, 11) is 3.34. The van der Waals surface area contributed by atoms with Crippen LogP contribution in [0.2, 0.25) is 0 Å². The minimum absolute atomic E-state index is 0.147. The van der Waals surface area contributed by atoms with Crippen LogP contribution in [0, 0.1) is 0 Å². The van der Waals surface area contributed by atoms with Crippen LogP contribution in [0.25, 0.3) is 21.8 Å². The molecule has 0 aliphatic rings. The normalized spacial score (nSPS) is 11.1. The van der Waals surface area contributed by atoms with Crippen molar-refractivity contribution in [2.75, 3.05) is 20.0 Å². The van der Waals surface area contributed by atoms with E-state index in [1.165, 1.54) is 11.8 Å². The van der Waals surface area contributed by atoms with Crippen LogP contribution in [0.1, 0.15) is 6.92 Å². The van der Waals surface area contributed by atoms with Gasteiger partial charge in [0.15, 0.2) is 5.12 Å². The maximum absolute atomic E-state index is 11.2. The van der Waals surface area contributed by atoms with E-state index in [4.69, 9.17) is 9.47 Å². The van der Waals surface area contributed by atoms with Gasteiger partial charge < -0.3 is 14.0 Å². The maximum atomic E-state index is 11.2. The zero-order valence-corrected chi connectivity index (χ0v) is 14.3. The molecule has 3 rings (SSSR count). The largest absolute Gasteiger partial charge is 0.497 e. The number of nitrogens with zero attached hydrogens (tertiary/aromatic N) is 1. The minimum atomic E-state index is 0.147. The summed E-state index contributed by atoms with van der Waals surface area (Å²) in [6.45, 7) is 2.38. The predicted octanol–water partition coefficient (Wildman–Crippen LogP) is 4.09. The third-order valence-electron chi connectivity index (χ3n) is 3.90. The Hall–Kier alpha value is -2.14. The number of carbonyl (C=O) groups is 1. The summed E-state index contributed by atoms with van der Waals surface area (Å²) in [5.41, 5.74) is 2.27. The maximum Gasteiger partial charge on any atom is 0.185 e. The Morgan fingerprint density at radius 1 is 1.00 bits per heavy atom. The van der Waals surface area contributed by atoms with Crippen molar-refractivity contribution in [2.45, 2.75) is 13.5 Å². The Labute approximate surface area is 139 Å². The van der Waals surface area contributed by atoms with Gasteiger partial charge in [0, 0.05) is 41.0 Å². The molecule has 0 saturated carbocycles. The highest BCUT2D eigenvalue weighted by molar-refractivity contribution is 8.13. The Morgan fingerprint density at radius 3 is 1.96 bits per heavy atom. The van der Waals surface area contributed by atoms with Crippen molar-refractivity contribution in [3.63, 3.8) is 0 Å². The van der Waals surface area contributed by atoms with Gasteiger partial charge in [0.2, 0.25) is 0 Å². The van der Waals surface area contributed by atoms with Crippen LogP contribution in [0.4, 0.5) is 0 Å². The van der Waals surface area contributed by atoms with Crippen molar-refractivity contribution in [3.05, 3.63) is 36.4 Å². The van der Waals surface area contributed by atoms with Gasteiger partial charge in [0.05, 0.1) is 14.2 Å². The first-order valence-corrected chi connectivity index (χ1v) is 8.40. The highest BCUT2D eigenvalue weighted by Gasteiger charge is 2.12. The van der Waals surface area contributed by atoms with Gasteiger partial charge in [0.1, 0.15) is 11.5 Å². The summed E-state index contributed by atoms with van der Waals surface area (Å²) in [6, 6.07) is 12.2. The third kappa shape index (κ3) is 3.01. The van der Waals surface area contributed by atoms with E-state index in [1.807, 2.05) is 24.3 Å². The molecule has 120 valence electrons. The van der Waals surface area contributed by atoms with Crippen LogP contribution in [0.3, 0.4) is 0 Å². The van der Waals surface area contributed by atoms with Gasteiger partial charge in [-0.15, -0.1) is 0 Å². The number of hydrogen-bond acceptors (Lipinski definition) is 4. The van der Waals surface area contributed by atoms with E-state index in [-0.39, 0.29) is 5.12 Å². The molecule has 0 saturated heterocycles. The molecule has 0 amide bonds. The van der Waals surface area contributed by atoms with Gasteiger partial charge in [-0.2, -0.15) is 0 Å². The first kappa shape index (κ1) is 15.7. The fourth-order valence-corrected chi connectivity index (χ4v) is 3.40. The Balaban J connectivity index is 2.17.